The molecule has 0 aromatic carbocycles. The summed E-state index contributed by atoms with van der Waals surface area (Å²) < 4.78 is 0. The number of hydrogen-bond acceptors (Lipinski definition) is 2. The average molecular weight is 112 g/mol. The molecule has 0 radical (unpaired) electrons. The zero-order valence-corrected chi connectivity index (χ0v) is 4.93. The third kappa shape index (κ3) is 1.32. The van der Waals surface area contributed by atoms with E-state index < -0.39 is 0 Å². The molecule has 1 aliphatic rings. The maximum atomic E-state index is 5.33. The van der Waals surface area contributed by atoms with Crippen LogP contribution < -0.4 is 11.1 Å². The Morgan fingerprint density at radius 2 is 2.62 bits per heavy atom. The standard InChI is InChI=1S/C6H12N2/c7-4-3-6-2-1-5-8-6/h1-2,6,8H,3-5,7H2/t6-/m0/s1. The first-order chi connectivity index (χ1) is 3.93. The molecule has 46 valence electrons. The van der Waals surface area contributed by atoms with Gasteiger partial charge in [-0.25, -0.2) is 0 Å². The van der Waals surface area contributed by atoms with Crippen LogP contribution in [0.2, 0.25) is 0 Å². The Bertz CT molecular complexity index is 88.5. The molecule has 0 spiro atoms. The van der Waals surface area contributed by atoms with Crippen LogP contribution in [-0.4, -0.2) is 19.1 Å². The second-order valence-electron chi connectivity index (χ2n) is 2.02. The van der Waals surface area contributed by atoms with E-state index in [2.05, 4.69) is 17.5 Å². The molecule has 8 heavy (non-hydrogen) atoms. The fraction of sp³-hybridized carbons (Fsp3) is 0.667. The summed E-state index contributed by atoms with van der Waals surface area (Å²) >= 11 is 0. The Hall–Kier alpha value is -0.340. The van der Waals surface area contributed by atoms with Gasteiger partial charge < -0.3 is 11.1 Å². The largest absolute Gasteiger partial charge is 0.330 e. The van der Waals surface area contributed by atoms with Crippen LogP contribution in [0.1, 0.15) is 6.42 Å². The maximum Gasteiger partial charge on any atom is 0.0265 e. The van der Waals surface area contributed by atoms with E-state index in [1.54, 1.807) is 0 Å². The molecule has 0 amide bonds. The quantitative estimate of drug-likeness (QED) is 0.488. The molecule has 1 aliphatic heterocycles. The van der Waals surface area contributed by atoms with Crippen molar-refractivity contribution >= 4 is 0 Å². The molecule has 1 heterocycles. The summed E-state index contributed by atoms with van der Waals surface area (Å²) in [6.45, 7) is 1.80. The summed E-state index contributed by atoms with van der Waals surface area (Å²) in [5.41, 5.74) is 5.33. The second-order valence-corrected chi connectivity index (χ2v) is 2.02. The Balaban J connectivity index is 2.16. The Morgan fingerprint density at radius 3 is 3.12 bits per heavy atom. The summed E-state index contributed by atoms with van der Waals surface area (Å²) in [6, 6.07) is 0.556. The number of hydrogen-bond donors (Lipinski definition) is 2. The highest BCUT2D eigenvalue weighted by molar-refractivity contribution is 5.01. The monoisotopic (exact) mass is 112 g/mol. The molecule has 0 bridgehead atoms. The van der Waals surface area contributed by atoms with E-state index in [4.69, 9.17) is 5.73 Å². The third-order valence-electron chi connectivity index (χ3n) is 1.34. The fourth-order valence-electron chi connectivity index (χ4n) is 0.898. The van der Waals surface area contributed by atoms with Crippen LogP contribution in [-0.2, 0) is 0 Å². The van der Waals surface area contributed by atoms with E-state index in [1.807, 2.05) is 0 Å². The second kappa shape index (κ2) is 2.84. The van der Waals surface area contributed by atoms with Crippen LogP contribution in [0.5, 0.6) is 0 Å². The molecule has 0 aromatic rings. The van der Waals surface area contributed by atoms with Gasteiger partial charge in [-0.05, 0) is 13.0 Å². The first-order valence-electron chi connectivity index (χ1n) is 3.03. The molecule has 1 rings (SSSR count). The van der Waals surface area contributed by atoms with E-state index >= 15 is 0 Å². The van der Waals surface area contributed by atoms with Crippen LogP contribution in [0.3, 0.4) is 0 Å². The van der Waals surface area contributed by atoms with Crippen LogP contribution >= 0.6 is 0 Å². The van der Waals surface area contributed by atoms with Crippen molar-refractivity contribution in [3.63, 3.8) is 0 Å². The smallest absolute Gasteiger partial charge is 0.0265 e. The van der Waals surface area contributed by atoms with Crippen molar-refractivity contribution in [2.45, 2.75) is 12.5 Å². The van der Waals surface area contributed by atoms with Crippen molar-refractivity contribution in [2.24, 2.45) is 5.73 Å². The Morgan fingerprint density at radius 1 is 1.75 bits per heavy atom. The number of nitrogens with two attached hydrogens (primary N) is 1. The predicted molar refractivity (Wildman–Crippen MR) is 34.6 cm³/mol. The normalized spacial score (nSPS) is 26.9. The topological polar surface area (TPSA) is 38.0 Å². The summed E-state index contributed by atoms with van der Waals surface area (Å²) in [5, 5.41) is 3.27. The Labute approximate surface area is 49.8 Å². The SMILES string of the molecule is NCC[C@@H]1C=CCN1. The van der Waals surface area contributed by atoms with Crippen LogP contribution in [0.4, 0.5) is 0 Å². The number of nitrogens with one attached hydrogen (secondary N) is 1. The molecular formula is C6H12N2. The van der Waals surface area contributed by atoms with Gasteiger partial charge in [0.05, 0.1) is 0 Å². The van der Waals surface area contributed by atoms with Gasteiger partial charge in [0.15, 0.2) is 0 Å². The minimum absolute atomic E-state index is 0.556. The van der Waals surface area contributed by atoms with Crippen LogP contribution in [0, 0.1) is 0 Å². The van der Waals surface area contributed by atoms with Gasteiger partial charge in [0.2, 0.25) is 0 Å². The first kappa shape index (κ1) is 5.79. The predicted octanol–water partition coefficient (Wildman–Crippen LogP) is -0.137. The van der Waals surface area contributed by atoms with Gasteiger partial charge in [0.25, 0.3) is 0 Å². The molecule has 0 saturated heterocycles. The van der Waals surface area contributed by atoms with Crippen molar-refractivity contribution < 1.29 is 0 Å². The van der Waals surface area contributed by atoms with E-state index in [9.17, 15) is 0 Å². The summed E-state index contributed by atoms with van der Waals surface area (Å²) in [5.74, 6) is 0. The van der Waals surface area contributed by atoms with Crippen molar-refractivity contribution in [1.29, 1.82) is 0 Å². The van der Waals surface area contributed by atoms with Crippen LogP contribution in [0.15, 0.2) is 12.2 Å². The molecule has 0 aliphatic carbocycles. The fourth-order valence-corrected chi connectivity index (χ4v) is 0.898. The first-order valence-corrected chi connectivity index (χ1v) is 3.03. The summed E-state index contributed by atoms with van der Waals surface area (Å²) in [6.07, 6.45) is 5.38. The number of rotatable bonds is 2. The highest BCUT2D eigenvalue weighted by Gasteiger charge is 2.04. The molecule has 1 atom stereocenters. The van der Waals surface area contributed by atoms with Gasteiger partial charge in [-0.1, -0.05) is 12.2 Å². The van der Waals surface area contributed by atoms with Gasteiger partial charge in [-0.15, -0.1) is 0 Å². The molecule has 0 fully saturated rings. The molecule has 0 saturated carbocycles. The molecule has 0 aromatic heterocycles. The third-order valence-corrected chi connectivity index (χ3v) is 1.34. The van der Waals surface area contributed by atoms with E-state index in [0.29, 0.717) is 6.04 Å². The highest BCUT2D eigenvalue weighted by atomic mass is 14.9. The lowest BCUT2D eigenvalue weighted by molar-refractivity contribution is 0.624. The summed E-state index contributed by atoms with van der Waals surface area (Å²) in [7, 11) is 0. The lowest BCUT2D eigenvalue weighted by Gasteiger charge is -2.04. The molecule has 2 nitrogen and oxygen atoms in total. The lowest BCUT2D eigenvalue weighted by atomic mass is 10.2. The van der Waals surface area contributed by atoms with Gasteiger partial charge >= 0.3 is 0 Å². The van der Waals surface area contributed by atoms with Crippen molar-refractivity contribution in [3.8, 4) is 0 Å². The van der Waals surface area contributed by atoms with E-state index in [-0.39, 0.29) is 0 Å². The summed E-state index contributed by atoms with van der Waals surface area (Å²) in [4.78, 5) is 0. The highest BCUT2D eigenvalue weighted by Crippen LogP contribution is 1.96. The molecule has 3 N–H and O–H groups in total. The lowest BCUT2D eigenvalue weighted by Crippen LogP contribution is -2.24. The average Bonchev–Trinajstić information content (AvgIpc) is 2.19. The molecule has 0 unspecified atom stereocenters. The van der Waals surface area contributed by atoms with Crippen LogP contribution in [0.25, 0.3) is 0 Å². The van der Waals surface area contributed by atoms with E-state index in [1.165, 1.54) is 0 Å². The minimum atomic E-state index is 0.556. The van der Waals surface area contributed by atoms with Gasteiger partial charge in [0, 0.05) is 12.6 Å². The molecule has 2 heteroatoms. The van der Waals surface area contributed by atoms with Gasteiger partial charge in [0.1, 0.15) is 0 Å². The zero-order chi connectivity index (χ0) is 5.82. The zero-order valence-electron chi connectivity index (χ0n) is 4.93. The van der Waals surface area contributed by atoms with E-state index in [0.717, 1.165) is 19.5 Å². The maximum absolute atomic E-state index is 5.33. The minimum Gasteiger partial charge on any atom is -0.330 e. The van der Waals surface area contributed by atoms with Crippen molar-refractivity contribution in [1.82, 2.24) is 5.32 Å². The Kier molecular flexibility index (Phi) is 2.06. The van der Waals surface area contributed by atoms with Gasteiger partial charge in [-0.3, -0.25) is 0 Å². The van der Waals surface area contributed by atoms with Crippen molar-refractivity contribution in [3.05, 3.63) is 12.2 Å². The molecular weight excluding hydrogens is 100 g/mol. The van der Waals surface area contributed by atoms with Gasteiger partial charge in [-0.2, -0.15) is 0 Å². The van der Waals surface area contributed by atoms with Crippen molar-refractivity contribution in [2.75, 3.05) is 13.1 Å².